The van der Waals surface area contributed by atoms with Gasteiger partial charge in [-0.05, 0) is 43.0 Å². The number of aromatic nitrogens is 1. The van der Waals surface area contributed by atoms with Crippen molar-refractivity contribution >= 4 is 22.5 Å². The maximum atomic E-state index is 11.7. The molecule has 0 bridgehead atoms. The molecular weight excluding hydrogens is 210 g/mol. The Morgan fingerprint density at radius 3 is 2.87 bits per heavy atom. The molecule has 15 heavy (non-hydrogen) atoms. The maximum Gasteiger partial charge on any atom is 0.251 e. The third kappa shape index (κ3) is 1.29. The van der Waals surface area contributed by atoms with Gasteiger partial charge in [0.25, 0.3) is 5.56 Å². The van der Waals surface area contributed by atoms with E-state index in [0.717, 1.165) is 40.8 Å². The number of aromatic amines is 1. The van der Waals surface area contributed by atoms with Crippen molar-refractivity contribution in [1.29, 1.82) is 0 Å². The lowest BCUT2D eigenvalue weighted by Gasteiger charge is -2.04. The number of pyridine rings is 1. The minimum atomic E-state index is 0.0670. The van der Waals surface area contributed by atoms with E-state index < -0.39 is 0 Å². The van der Waals surface area contributed by atoms with Crippen LogP contribution >= 0.6 is 11.6 Å². The molecule has 1 heterocycles. The van der Waals surface area contributed by atoms with E-state index in [1.54, 1.807) is 6.07 Å². The Bertz CT molecular complexity index is 600. The standard InChI is InChI=1S/C12H10ClNO/c13-7-4-5-11-10(6-7)8-2-1-3-9(8)12(15)14-11/h4-6H,1-3H2,(H,14,15). The van der Waals surface area contributed by atoms with Crippen molar-refractivity contribution in [3.8, 4) is 0 Å². The Labute approximate surface area is 91.9 Å². The predicted octanol–water partition coefficient (Wildman–Crippen LogP) is 2.67. The molecule has 1 aromatic carbocycles. The molecular formula is C12H10ClNO. The van der Waals surface area contributed by atoms with Crippen LogP contribution in [0.15, 0.2) is 23.0 Å². The Morgan fingerprint density at radius 1 is 1.20 bits per heavy atom. The van der Waals surface area contributed by atoms with Crippen molar-refractivity contribution in [2.75, 3.05) is 0 Å². The quantitative estimate of drug-likeness (QED) is 0.726. The van der Waals surface area contributed by atoms with Crippen molar-refractivity contribution in [2.45, 2.75) is 19.3 Å². The zero-order valence-corrected chi connectivity index (χ0v) is 8.90. The summed E-state index contributed by atoms with van der Waals surface area (Å²) >= 11 is 5.97. The normalized spacial score (nSPS) is 14.5. The number of H-pyrrole nitrogens is 1. The minimum Gasteiger partial charge on any atom is -0.322 e. The van der Waals surface area contributed by atoms with Gasteiger partial charge in [-0.3, -0.25) is 4.79 Å². The van der Waals surface area contributed by atoms with Crippen LogP contribution in [-0.4, -0.2) is 4.98 Å². The number of hydrogen-bond acceptors (Lipinski definition) is 1. The third-order valence-electron chi connectivity index (χ3n) is 3.05. The second-order valence-electron chi connectivity index (χ2n) is 3.95. The minimum absolute atomic E-state index is 0.0670. The SMILES string of the molecule is O=c1[nH]c2ccc(Cl)cc2c2c1CCC2. The lowest BCUT2D eigenvalue weighted by atomic mass is 10.1. The van der Waals surface area contributed by atoms with Crippen molar-refractivity contribution < 1.29 is 0 Å². The molecule has 3 heteroatoms. The summed E-state index contributed by atoms with van der Waals surface area (Å²) in [7, 11) is 0. The lowest BCUT2D eigenvalue weighted by molar-refractivity contribution is 0.909. The summed E-state index contributed by atoms with van der Waals surface area (Å²) in [5.41, 5.74) is 3.10. The highest BCUT2D eigenvalue weighted by Crippen LogP contribution is 2.27. The van der Waals surface area contributed by atoms with Gasteiger partial charge in [-0.25, -0.2) is 0 Å². The fourth-order valence-electron chi connectivity index (χ4n) is 2.36. The number of nitrogens with one attached hydrogen (secondary N) is 1. The maximum absolute atomic E-state index is 11.7. The molecule has 1 aromatic heterocycles. The predicted molar refractivity (Wildman–Crippen MR) is 61.6 cm³/mol. The Hall–Kier alpha value is -1.28. The fourth-order valence-corrected chi connectivity index (χ4v) is 2.54. The highest BCUT2D eigenvalue weighted by atomic mass is 35.5. The summed E-state index contributed by atoms with van der Waals surface area (Å²) in [5.74, 6) is 0. The molecule has 76 valence electrons. The summed E-state index contributed by atoms with van der Waals surface area (Å²) < 4.78 is 0. The van der Waals surface area contributed by atoms with Crippen LogP contribution in [-0.2, 0) is 12.8 Å². The molecule has 1 aliphatic rings. The number of halogens is 1. The molecule has 0 saturated carbocycles. The number of rotatable bonds is 0. The van der Waals surface area contributed by atoms with Crippen molar-refractivity contribution in [1.82, 2.24) is 4.98 Å². The second kappa shape index (κ2) is 3.11. The molecule has 0 unspecified atom stereocenters. The molecule has 1 N–H and O–H groups in total. The molecule has 0 fully saturated rings. The van der Waals surface area contributed by atoms with Crippen LogP contribution in [0.1, 0.15) is 17.5 Å². The molecule has 0 atom stereocenters. The van der Waals surface area contributed by atoms with Gasteiger partial charge in [0, 0.05) is 21.5 Å². The van der Waals surface area contributed by atoms with Gasteiger partial charge in [0.05, 0.1) is 0 Å². The summed E-state index contributed by atoms with van der Waals surface area (Å²) in [5, 5.41) is 1.83. The average molecular weight is 220 g/mol. The monoisotopic (exact) mass is 219 g/mol. The average Bonchev–Trinajstić information content (AvgIpc) is 2.69. The van der Waals surface area contributed by atoms with Crippen LogP contribution < -0.4 is 5.56 Å². The molecule has 3 rings (SSSR count). The highest BCUT2D eigenvalue weighted by molar-refractivity contribution is 6.31. The first kappa shape index (κ1) is 8.98. The molecule has 0 amide bonds. The summed E-state index contributed by atoms with van der Waals surface area (Å²) in [6.45, 7) is 0. The highest BCUT2D eigenvalue weighted by Gasteiger charge is 2.17. The zero-order valence-electron chi connectivity index (χ0n) is 8.14. The smallest absolute Gasteiger partial charge is 0.251 e. The number of aryl methyl sites for hydroxylation is 1. The van der Waals surface area contributed by atoms with Gasteiger partial charge in [-0.2, -0.15) is 0 Å². The molecule has 0 saturated heterocycles. The van der Waals surface area contributed by atoms with Crippen LogP contribution in [0.25, 0.3) is 10.9 Å². The van der Waals surface area contributed by atoms with E-state index in [9.17, 15) is 4.79 Å². The third-order valence-corrected chi connectivity index (χ3v) is 3.28. The van der Waals surface area contributed by atoms with E-state index in [1.807, 2.05) is 12.1 Å². The first-order valence-electron chi connectivity index (χ1n) is 5.09. The summed E-state index contributed by atoms with van der Waals surface area (Å²) in [4.78, 5) is 14.6. The van der Waals surface area contributed by atoms with Crippen molar-refractivity contribution in [2.24, 2.45) is 0 Å². The van der Waals surface area contributed by atoms with E-state index in [0.29, 0.717) is 0 Å². The molecule has 0 aliphatic heterocycles. The number of hydrogen-bond donors (Lipinski definition) is 1. The Morgan fingerprint density at radius 2 is 2.00 bits per heavy atom. The van der Waals surface area contributed by atoms with Gasteiger partial charge in [0.1, 0.15) is 0 Å². The largest absolute Gasteiger partial charge is 0.322 e. The second-order valence-corrected chi connectivity index (χ2v) is 4.39. The van der Waals surface area contributed by atoms with Gasteiger partial charge in [-0.15, -0.1) is 0 Å². The van der Waals surface area contributed by atoms with E-state index in [4.69, 9.17) is 11.6 Å². The first-order chi connectivity index (χ1) is 7.25. The van der Waals surface area contributed by atoms with Crippen LogP contribution in [0.4, 0.5) is 0 Å². The number of fused-ring (bicyclic) bond motifs is 3. The van der Waals surface area contributed by atoms with E-state index in [1.165, 1.54) is 5.56 Å². The van der Waals surface area contributed by atoms with Crippen LogP contribution in [0, 0.1) is 0 Å². The first-order valence-corrected chi connectivity index (χ1v) is 5.47. The molecule has 0 spiro atoms. The van der Waals surface area contributed by atoms with E-state index in [-0.39, 0.29) is 5.56 Å². The van der Waals surface area contributed by atoms with Gasteiger partial charge in [0.15, 0.2) is 0 Å². The molecule has 0 radical (unpaired) electrons. The topological polar surface area (TPSA) is 32.9 Å². The van der Waals surface area contributed by atoms with Crippen molar-refractivity contribution in [3.63, 3.8) is 0 Å². The van der Waals surface area contributed by atoms with Crippen LogP contribution in [0.2, 0.25) is 5.02 Å². The summed E-state index contributed by atoms with van der Waals surface area (Å²) in [6, 6.07) is 5.62. The molecule has 2 nitrogen and oxygen atoms in total. The van der Waals surface area contributed by atoms with Gasteiger partial charge in [-0.1, -0.05) is 11.6 Å². The Balaban J connectivity index is 2.49. The molecule has 1 aliphatic carbocycles. The Kier molecular flexibility index (Phi) is 1.86. The van der Waals surface area contributed by atoms with Gasteiger partial charge >= 0.3 is 0 Å². The molecule has 2 aromatic rings. The van der Waals surface area contributed by atoms with E-state index in [2.05, 4.69) is 4.98 Å². The van der Waals surface area contributed by atoms with Crippen LogP contribution in [0.5, 0.6) is 0 Å². The zero-order chi connectivity index (χ0) is 10.4. The van der Waals surface area contributed by atoms with Gasteiger partial charge < -0.3 is 4.98 Å². The van der Waals surface area contributed by atoms with Gasteiger partial charge in [0.2, 0.25) is 0 Å². The fraction of sp³-hybridized carbons (Fsp3) is 0.250. The van der Waals surface area contributed by atoms with Crippen LogP contribution in [0.3, 0.4) is 0 Å². The van der Waals surface area contributed by atoms with Crippen molar-refractivity contribution in [3.05, 3.63) is 44.7 Å². The summed E-state index contributed by atoms with van der Waals surface area (Å²) in [6.07, 6.45) is 2.97. The number of benzene rings is 1. The van der Waals surface area contributed by atoms with E-state index >= 15 is 0 Å². The lowest BCUT2D eigenvalue weighted by Crippen LogP contribution is -2.12.